The predicted octanol–water partition coefficient (Wildman–Crippen LogP) is 3.40. The van der Waals surface area contributed by atoms with Crippen LogP contribution in [0.2, 0.25) is 0 Å². The summed E-state index contributed by atoms with van der Waals surface area (Å²) >= 11 is 0. The van der Waals surface area contributed by atoms with Crippen molar-refractivity contribution < 1.29 is 22.0 Å². The normalized spacial score (nSPS) is 18.6. The quantitative estimate of drug-likeness (QED) is 0.655. The van der Waals surface area contributed by atoms with Crippen LogP contribution in [0.5, 0.6) is 0 Å². The molecule has 3 aromatic rings. The van der Waals surface area contributed by atoms with E-state index in [2.05, 4.69) is 6.07 Å². The summed E-state index contributed by atoms with van der Waals surface area (Å²) in [5.74, 6) is 0.638. The van der Waals surface area contributed by atoms with Crippen molar-refractivity contribution in [2.75, 3.05) is 11.5 Å². The van der Waals surface area contributed by atoms with Gasteiger partial charge in [0.25, 0.3) is 0 Å². The van der Waals surface area contributed by atoms with E-state index in [0.717, 1.165) is 27.7 Å². The highest BCUT2D eigenvalue weighted by atomic mass is 32.2. The number of aryl methyl sites for hydroxylation is 2. The molecule has 0 aliphatic carbocycles. The first-order valence-corrected chi connectivity index (χ1v) is 11.1. The van der Waals surface area contributed by atoms with Crippen LogP contribution in [-0.4, -0.2) is 36.8 Å². The van der Waals surface area contributed by atoms with Gasteiger partial charge in [-0.1, -0.05) is 6.07 Å². The molecular weight excluding hydrogens is 378 g/mol. The molecule has 2 aromatic heterocycles. The number of carbonyl (C=O) groups excluding carboxylic acids is 1. The lowest BCUT2D eigenvalue weighted by molar-refractivity contribution is -0.133. The minimum absolute atomic E-state index is 0.00378. The van der Waals surface area contributed by atoms with Gasteiger partial charge >= 0.3 is 0 Å². The fraction of sp³-hybridized carbons (Fsp3) is 0.381. The Morgan fingerprint density at radius 2 is 2.07 bits per heavy atom. The first-order valence-electron chi connectivity index (χ1n) is 9.32. The van der Waals surface area contributed by atoms with E-state index in [9.17, 15) is 13.2 Å². The van der Waals surface area contributed by atoms with E-state index >= 15 is 0 Å². The van der Waals surface area contributed by atoms with Crippen molar-refractivity contribution in [3.05, 3.63) is 59.2 Å². The van der Waals surface area contributed by atoms with Crippen molar-refractivity contribution >= 4 is 26.7 Å². The van der Waals surface area contributed by atoms with E-state index < -0.39 is 9.84 Å². The van der Waals surface area contributed by atoms with E-state index in [4.69, 9.17) is 8.83 Å². The molecule has 0 N–H and O–H groups in total. The zero-order valence-electron chi connectivity index (χ0n) is 16.0. The molecule has 148 valence electrons. The molecule has 1 fully saturated rings. The van der Waals surface area contributed by atoms with Gasteiger partial charge in [0.1, 0.15) is 11.3 Å². The Morgan fingerprint density at radius 1 is 1.25 bits per heavy atom. The average Bonchev–Trinajstić information content (AvgIpc) is 3.33. The molecule has 0 radical (unpaired) electrons. The molecule has 28 heavy (non-hydrogen) atoms. The van der Waals surface area contributed by atoms with Crippen molar-refractivity contribution in [3.8, 4) is 0 Å². The van der Waals surface area contributed by atoms with Crippen molar-refractivity contribution in [1.82, 2.24) is 4.90 Å². The number of hydrogen-bond acceptors (Lipinski definition) is 5. The molecule has 1 saturated heterocycles. The molecule has 1 aliphatic heterocycles. The minimum Gasteiger partial charge on any atom is -0.467 e. The van der Waals surface area contributed by atoms with Gasteiger partial charge in [-0.25, -0.2) is 8.42 Å². The number of furan rings is 2. The molecule has 0 saturated carbocycles. The van der Waals surface area contributed by atoms with Crippen molar-refractivity contribution in [2.24, 2.45) is 0 Å². The van der Waals surface area contributed by atoms with Crippen LogP contribution >= 0.6 is 0 Å². The van der Waals surface area contributed by atoms with Crippen LogP contribution in [0.1, 0.15) is 28.9 Å². The first-order chi connectivity index (χ1) is 13.3. The molecule has 0 bridgehead atoms. The molecule has 4 rings (SSSR count). The Hall–Kier alpha value is -2.54. The van der Waals surface area contributed by atoms with Gasteiger partial charge in [-0.2, -0.15) is 0 Å². The van der Waals surface area contributed by atoms with E-state index in [1.807, 2.05) is 19.9 Å². The third-order valence-electron chi connectivity index (χ3n) is 5.31. The van der Waals surface area contributed by atoms with Crippen LogP contribution in [-0.2, 0) is 27.6 Å². The smallest absolute Gasteiger partial charge is 0.227 e. The van der Waals surface area contributed by atoms with Crippen LogP contribution in [0.15, 0.2) is 45.6 Å². The molecule has 7 heteroatoms. The van der Waals surface area contributed by atoms with Crippen molar-refractivity contribution in [1.29, 1.82) is 0 Å². The fourth-order valence-corrected chi connectivity index (χ4v) is 5.76. The number of carbonyl (C=O) groups is 1. The largest absolute Gasteiger partial charge is 0.467 e. The predicted molar refractivity (Wildman–Crippen MR) is 106 cm³/mol. The summed E-state index contributed by atoms with van der Waals surface area (Å²) in [6.45, 7) is 4.27. The highest BCUT2D eigenvalue weighted by Crippen LogP contribution is 2.28. The molecule has 1 atom stereocenters. The number of rotatable bonds is 5. The highest BCUT2D eigenvalue weighted by Gasteiger charge is 2.35. The lowest BCUT2D eigenvalue weighted by atomic mass is 10.0. The van der Waals surface area contributed by atoms with E-state index in [1.54, 1.807) is 29.6 Å². The Balaban J connectivity index is 1.62. The Morgan fingerprint density at radius 3 is 2.75 bits per heavy atom. The van der Waals surface area contributed by atoms with Gasteiger partial charge in [0, 0.05) is 17.0 Å². The van der Waals surface area contributed by atoms with E-state index in [-0.39, 0.29) is 36.4 Å². The van der Waals surface area contributed by atoms with Crippen molar-refractivity contribution in [3.63, 3.8) is 0 Å². The van der Waals surface area contributed by atoms with Gasteiger partial charge < -0.3 is 13.7 Å². The van der Waals surface area contributed by atoms with Crippen LogP contribution in [0.3, 0.4) is 0 Å². The number of amides is 1. The summed E-state index contributed by atoms with van der Waals surface area (Å²) < 4.78 is 35.0. The highest BCUT2D eigenvalue weighted by molar-refractivity contribution is 7.91. The molecule has 1 amide bonds. The number of sulfone groups is 1. The first kappa shape index (κ1) is 18.8. The number of fused-ring (bicyclic) bond motifs is 1. The summed E-state index contributed by atoms with van der Waals surface area (Å²) in [4.78, 5) is 14.8. The van der Waals surface area contributed by atoms with Crippen LogP contribution in [0, 0.1) is 13.8 Å². The molecule has 1 aromatic carbocycles. The topological polar surface area (TPSA) is 80.7 Å². The van der Waals surface area contributed by atoms with Crippen molar-refractivity contribution in [2.45, 2.75) is 39.3 Å². The summed E-state index contributed by atoms with van der Waals surface area (Å²) in [6, 6.07) is 7.25. The molecule has 3 heterocycles. The second-order valence-electron chi connectivity index (χ2n) is 7.55. The minimum atomic E-state index is -3.10. The Kier molecular flexibility index (Phi) is 4.79. The van der Waals surface area contributed by atoms with E-state index in [1.165, 1.54) is 0 Å². The molecule has 0 unspecified atom stereocenters. The van der Waals surface area contributed by atoms with E-state index in [0.29, 0.717) is 12.2 Å². The standard InChI is InChI=1S/C21H23NO5S/c1-14-8-15(2)21-16(12-27-19(21)9-14)10-20(23)22(11-18-4-3-6-26-18)17-5-7-28(24,25)13-17/h3-4,6,8-9,12,17H,5,7,10-11,13H2,1-2H3/t17-/m0/s1. The fourth-order valence-electron chi connectivity index (χ4n) is 4.03. The number of hydrogen-bond donors (Lipinski definition) is 0. The van der Waals surface area contributed by atoms with Crippen LogP contribution in [0.4, 0.5) is 0 Å². The zero-order valence-corrected chi connectivity index (χ0v) is 16.8. The monoisotopic (exact) mass is 401 g/mol. The SMILES string of the molecule is Cc1cc(C)c2c(CC(=O)N(Cc3ccco3)[C@H]3CCS(=O)(=O)C3)coc2c1. The van der Waals surface area contributed by atoms with Crippen LogP contribution in [0.25, 0.3) is 11.0 Å². The summed E-state index contributed by atoms with van der Waals surface area (Å²) in [5.41, 5.74) is 3.75. The molecule has 0 spiro atoms. The third kappa shape index (κ3) is 3.71. The lowest BCUT2D eigenvalue weighted by Crippen LogP contribution is -2.41. The summed E-state index contributed by atoms with van der Waals surface area (Å²) in [5, 5.41) is 0.955. The maximum Gasteiger partial charge on any atom is 0.227 e. The Bertz CT molecular complexity index is 1110. The Labute approximate surface area is 164 Å². The van der Waals surface area contributed by atoms with Gasteiger partial charge in [0.05, 0.1) is 37.0 Å². The maximum atomic E-state index is 13.2. The van der Waals surface area contributed by atoms with Gasteiger partial charge in [-0.05, 0) is 49.6 Å². The van der Waals surface area contributed by atoms with Gasteiger partial charge in [-0.15, -0.1) is 0 Å². The van der Waals surface area contributed by atoms with Gasteiger partial charge in [0.15, 0.2) is 9.84 Å². The maximum absolute atomic E-state index is 13.2. The second kappa shape index (κ2) is 7.13. The van der Waals surface area contributed by atoms with Crippen LogP contribution < -0.4 is 0 Å². The lowest BCUT2D eigenvalue weighted by Gasteiger charge is -2.27. The average molecular weight is 401 g/mol. The number of nitrogens with zero attached hydrogens (tertiary/aromatic N) is 1. The molecular formula is C21H23NO5S. The molecule has 1 aliphatic rings. The summed E-state index contributed by atoms with van der Waals surface area (Å²) in [6.07, 6.45) is 3.80. The van der Waals surface area contributed by atoms with Gasteiger partial charge in [0.2, 0.25) is 5.91 Å². The second-order valence-corrected chi connectivity index (χ2v) is 9.78. The molecule has 6 nitrogen and oxygen atoms in total. The van der Waals surface area contributed by atoms with Gasteiger partial charge in [-0.3, -0.25) is 4.79 Å². The zero-order chi connectivity index (χ0) is 19.9. The summed E-state index contributed by atoms with van der Waals surface area (Å²) in [7, 11) is -3.10. The third-order valence-corrected chi connectivity index (χ3v) is 7.06. The number of benzene rings is 1.